The molecule has 0 saturated carbocycles. The molecule has 2 aromatic carbocycles. The van der Waals surface area contributed by atoms with Crippen LogP contribution in [0.5, 0.6) is 0 Å². The normalized spacial score (nSPS) is 12.8. The molecule has 0 aliphatic rings. The van der Waals surface area contributed by atoms with E-state index in [0.29, 0.717) is 130 Å². The van der Waals surface area contributed by atoms with Gasteiger partial charge in [-0.05, 0) is 66.0 Å². The molecule has 382 valence electrons. The third-order valence-electron chi connectivity index (χ3n) is 8.80. The molecule has 0 fully saturated rings. The number of ketones is 1. The molecule has 0 spiro atoms. The number of carbonyl (C=O) groups excluding carboxylic acids is 2. The third kappa shape index (κ3) is 37.4. The van der Waals surface area contributed by atoms with Gasteiger partial charge in [0.05, 0.1) is 108 Å². The molecule has 19 heteroatoms. The number of hydrogen-bond donors (Lipinski definition) is 1. The highest BCUT2D eigenvalue weighted by Crippen LogP contribution is 2.16. The molecule has 2 rings (SSSR count). The fourth-order valence-electron chi connectivity index (χ4n) is 5.18. The Morgan fingerprint density at radius 1 is 0.627 bits per heavy atom. The van der Waals surface area contributed by atoms with Crippen molar-refractivity contribution in [2.45, 2.75) is 18.2 Å². The van der Waals surface area contributed by atoms with Crippen LogP contribution in [-0.4, -0.2) is 225 Å². The van der Waals surface area contributed by atoms with Crippen LogP contribution in [0.4, 0.5) is 0 Å². The molecule has 0 radical (unpaired) electrons. The standard InChI is InChI=1S/C32H44N2O8S.C15H30N2O4.CH7PS/c1-5-18-39-20-22-41-24-25-42-23-21-40-19-17-34(16-15-33(3)4)32(36)29-10-8-28(9-11-29)31(35)14-26-43(37,38)30-12-6-27(2)7-13-30;1-4-8-18-10-12-20-14-15-21-13-11-19-9-6-16-5-7-17(2)3;1-2-3/h1,6-13H,14-26H2,2-4H3;1,16H,5-15H2,2-3H3;1H3,3H4/i;;3D4. The van der Waals surface area contributed by atoms with E-state index in [1.165, 1.54) is 6.66 Å². The number of benzene rings is 2. The van der Waals surface area contributed by atoms with Crippen LogP contribution in [0.15, 0.2) is 53.4 Å². The highest BCUT2D eigenvalue weighted by atomic mass is 32.4. The number of amides is 1. The predicted octanol–water partition coefficient (Wildman–Crippen LogP) is 2.54. The van der Waals surface area contributed by atoms with Gasteiger partial charge < -0.3 is 57.9 Å². The molecule has 2 aromatic rings. The Morgan fingerprint density at radius 3 is 1.51 bits per heavy atom. The maximum absolute atomic E-state index is 13.3. The molecular weight excluding hydrogens is 920 g/mol. The fourth-order valence-corrected chi connectivity index (χ4v) is 6.42. The van der Waals surface area contributed by atoms with Gasteiger partial charge in [0.2, 0.25) is 0 Å². The molecule has 0 aliphatic carbocycles. The number of nitrogens with one attached hydrogen (secondary N) is 1. The average molecular weight is 1010 g/mol. The Bertz CT molecular complexity index is 1960. The third-order valence-corrected chi connectivity index (χ3v) is 10.5. The zero-order chi connectivity index (χ0) is 53.3. The topological polar surface area (TPSA) is 164 Å². The molecule has 0 aromatic heterocycles. The molecule has 0 saturated heterocycles. The molecule has 1 N–H and O–H groups in total. The lowest BCUT2D eigenvalue weighted by Gasteiger charge is -2.24. The Morgan fingerprint density at radius 2 is 1.06 bits per heavy atom. The first kappa shape index (κ1) is 56.4. The number of likely N-dealkylation sites (N-methyl/N-ethyl adjacent to an activating group) is 2. The number of ether oxygens (including phenoxy) is 8. The molecule has 16 nitrogen and oxygen atoms in total. The Balaban J connectivity index is 0.00000145. The number of hydrogen-bond acceptors (Lipinski definition) is 15. The summed E-state index contributed by atoms with van der Waals surface area (Å²) in [5.41, 5.74) is 1.76. The first-order valence-corrected chi connectivity index (χ1v) is 26.3. The van der Waals surface area contributed by atoms with Gasteiger partial charge in [-0.15, -0.1) is 20.2 Å². The minimum atomic E-state index is -3.89. The molecule has 0 bridgehead atoms. The first-order valence-electron chi connectivity index (χ1n) is 23.9. The molecule has 67 heavy (non-hydrogen) atoms. The second kappa shape index (κ2) is 44.1. The largest absolute Gasteiger partial charge is 0.378 e. The number of carbonyl (C=O) groups is 2. The summed E-state index contributed by atoms with van der Waals surface area (Å²) >= 11 is -3.89. The van der Waals surface area contributed by atoms with Crippen LogP contribution in [-0.2, 0) is 59.2 Å². The lowest BCUT2D eigenvalue weighted by atomic mass is 10.1. The van der Waals surface area contributed by atoms with E-state index in [0.717, 1.165) is 25.2 Å². The van der Waals surface area contributed by atoms with E-state index in [1.807, 2.05) is 25.9 Å². The van der Waals surface area contributed by atoms with E-state index in [4.69, 9.17) is 55.2 Å². The zero-order valence-corrected chi connectivity index (χ0v) is 43.3. The van der Waals surface area contributed by atoms with Gasteiger partial charge in [0, 0.05) is 56.8 Å². The minimum absolute atomic E-state index is 0.144. The van der Waals surface area contributed by atoms with Gasteiger partial charge in [0.25, 0.3) is 5.91 Å². The highest BCUT2D eigenvalue weighted by molar-refractivity contribution is 7.96. The number of aryl methyl sites for hydroxylation is 1. The molecular formula is C48H81N4O12PS2. The lowest BCUT2D eigenvalue weighted by molar-refractivity contribution is -0.000922. The Kier molecular flexibility index (Phi) is 37.1. The van der Waals surface area contributed by atoms with Gasteiger partial charge in [0.1, 0.15) is 13.2 Å². The van der Waals surface area contributed by atoms with Crippen molar-refractivity contribution in [2.75, 3.05) is 186 Å². The summed E-state index contributed by atoms with van der Waals surface area (Å²) in [6, 6.07) is 12.9. The van der Waals surface area contributed by atoms with Crippen molar-refractivity contribution in [1.29, 1.82) is 4.50 Å². The van der Waals surface area contributed by atoms with Crippen LogP contribution in [0.2, 0.25) is 0 Å². The SMILES string of the molecule is C#CCOCCOCCOCCOCCN(CCN(C)C)C(=O)c1ccc(C(=O)CCS(=O)(=O)c2ccc(C)cc2)cc1.C#CCOCCOCCOCCOCCNCCN(C)C.[2H]S([2H])([2H])([2H])=PC. The van der Waals surface area contributed by atoms with Gasteiger partial charge in [-0.1, -0.05) is 41.7 Å². The van der Waals surface area contributed by atoms with Gasteiger partial charge in [-0.25, -0.2) is 8.42 Å². The number of Topliss-reactive ketones (excluding diaryl/α,β-unsaturated/α-hetero) is 1. The number of sulfone groups is 1. The minimum Gasteiger partial charge on any atom is -0.378 e. The van der Waals surface area contributed by atoms with Gasteiger partial charge in [0.15, 0.2) is 15.6 Å². The molecule has 0 aliphatic heterocycles. The average Bonchev–Trinajstić information content (AvgIpc) is 3.33. The van der Waals surface area contributed by atoms with Crippen molar-refractivity contribution >= 4 is 40.3 Å². The van der Waals surface area contributed by atoms with Gasteiger partial charge >= 0.3 is 0 Å². The second-order valence-electron chi connectivity index (χ2n) is 14.9. The summed E-state index contributed by atoms with van der Waals surface area (Å²) in [5.74, 6) is 4.03. The van der Waals surface area contributed by atoms with E-state index in [9.17, 15) is 18.0 Å². The Hall–Kier alpha value is -3.14. The maximum Gasteiger partial charge on any atom is 0.253 e. The summed E-state index contributed by atoms with van der Waals surface area (Å²) in [6.07, 6.45) is 10.00. The van der Waals surface area contributed by atoms with E-state index in [1.54, 1.807) is 53.4 Å². The van der Waals surface area contributed by atoms with Crippen molar-refractivity contribution in [1.82, 2.24) is 20.0 Å². The molecule has 1 amide bonds. The van der Waals surface area contributed by atoms with Crippen LogP contribution in [0.1, 0.15) is 32.7 Å². The van der Waals surface area contributed by atoms with Crippen molar-refractivity contribution < 1.29 is 55.9 Å². The maximum atomic E-state index is 13.3. The van der Waals surface area contributed by atoms with E-state index >= 15 is 0 Å². The Labute approximate surface area is 413 Å². The monoisotopic (exact) mass is 1000 g/mol. The van der Waals surface area contributed by atoms with Crippen molar-refractivity contribution in [3.05, 3.63) is 65.2 Å². The summed E-state index contributed by atoms with van der Waals surface area (Å²) in [5, 5.41) is 3.30. The van der Waals surface area contributed by atoms with Crippen LogP contribution in [0.25, 0.3) is 0 Å². The predicted molar refractivity (Wildman–Crippen MR) is 275 cm³/mol. The smallest absolute Gasteiger partial charge is 0.253 e. The first-order chi connectivity index (χ1) is 33.7. The lowest BCUT2D eigenvalue weighted by Crippen LogP contribution is -2.39. The van der Waals surface area contributed by atoms with Crippen LogP contribution < -0.4 is 5.32 Å². The van der Waals surface area contributed by atoms with Crippen LogP contribution >= 0.6 is 7.36 Å². The quantitative estimate of drug-likeness (QED) is 0.0452. The summed E-state index contributed by atoms with van der Waals surface area (Å²) in [7, 11) is 4.64. The summed E-state index contributed by atoms with van der Waals surface area (Å²) < 4.78 is 94.5. The molecule has 0 unspecified atom stereocenters. The summed E-state index contributed by atoms with van der Waals surface area (Å²) in [6.45, 7) is 15.5. The van der Waals surface area contributed by atoms with Gasteiger partial charge in [-0.2, -0.15) is 0 Å². The molecule has 0 atom stereocenters. The van der Waals surface area contributed by atoms with E-state index < -0.39 is 21.3 Å². The highest BCUT2D eigenvalue weighted by Gasteiger charge is 2.19. The van der Waals surface area contributed by atoms with E-state index in [2.05, 4.69) is 36.2 Å². The van der Waals surface area contributed by atoms with E-state index in [-0.39, 0.29) is 42.7 Å². The number of nitrogens with zero attached hydrogens (tertiary/aromatic N) is 3. The van der Waals surface area contributed by atoms with Crippen LogP contribution in [0.3, 0.4) is 0 Å². The van der Waals surface area contributed by atoms with Crippen molar-refractivity contribution in [2.24, 2.45) is 0 Å². The zero-order valence-electron chi connectivity index (χ0n) is 44.7. The van der Waals surface area contributed by atoms with Crippen molar-refractivity contribution in [3.63, 3.8) is 0 Å². The fraction of sp³-hybridized carbons (Fsp3) is 0.625. The summed E-state index contributed by atoms with van der Waals surface area (Å²) in [4.78, 5) is 32.0. The number of terminal acetylenes is 2. The van der Waals surface area contributed by atoms with Crippen LogP contribution in [0, 0.1) is 31.6 Å². The van der Waals surface area contributed by atoms with Gasteiger partial charge in [-0.3, -0.25) is 21.0 Å². The molecule has 0 heterocycles. The number of rotatable bonds is 38. The van der Waals surface area contributed by atoms with Crippen molar-refractivity contribution in [3.8, 4) is 24.7 Å². The second-order valence-corrected chi connectivity index (χ2v) is 18.5.